The summed E-state index contributed by atoms with van der Waals surface area (Å²) in [5.41, 5.74) is 1.27. The van der Waals surface area contributed by atoms with Crippen LogP contribution in [0.5, 0.6) is 17.2 Å². The summed E-state index contributed by atoms with van der Waals surface area (Å²) in [7, 11) is 4.47. The lowest BCUT2D eigenvalue weighted by Crippen LogP contribution is -2.25. The molecule has 2 rings (SSSR count). The first-order valence-corrected chi connectivity index (χ1v) is 7.92. The van der Waals surface area contributed by atoms with Crippen molar-refractivity contribution in [3.05, 3.63) is 53.3 Å². The summed E-state index contributed by atoms with van der Waals surface area (Å²) in [5.74, 6) is 0.664. The number of halogens is 1. The van der Waals surface area contributed by atoms with Crippen molar-refractivity contribution in [2.24, 2.45) is 0 Å². The highest BCUT2D eigenvalue weighted by Crippen LogP contribution is 2.39. The van der Waals surface area contributed by atoms with E-state index < -0.39 is 0 Å². The third kappa shape index (κ3) is 4.62. The minimum Gasteiger partial charge on any atom is -0.493 e. The highest BCUT2D eigenvalue weighted by molar-refractivity contribution is 5.98. The molecule has 0 saturated carbocycles. The minimum absolute atomic E-state index is 0.253. The summed E-state index contributed by atoms with van der Waals surface area (Å²) < 4.78 is 28.9. The number of hydrogen-bond donors (Lipinski definition) is 1. The number of hydrogen-bond acceptors (Lipinski definition) is 4. The monoisotopic (exact) mass is 347 g/mol. The van der Waals surface area contributed by atoms with E-state index in [4.69, 9.17) is 14.2 Å². The van der Waals surface area contributed by atoms with Crippen LogP contribution in [-0.4, -0.2) is 33.8 Å². The van der Waals surface area contributed by atoms with Crippen molar-refractivity contribution in [2.45, 2.75) is 12.8 Å². The summed E-state index contributed by atoms with van der Waals surface area (Å²) in [4.78, 5) is 12.4. The first kappa shape index (κ1) is 18.6. The van der Waals surface area contributed by atoms with E-state index in [1.807, 2.05) is 6.07 Å². The molecule has 2 aromatic rings. The normalized spacial score (nSPS) is 10.2. The second kappa shape index (κ2) is 8.92. The zero-order valence-electron chi connectivity index (χ0n) is 14.6. The largest absolute Gasteiger partial charge is 0.493 e. The number of amides is 1. The Labute approximate surface area is 146 Å². The van der Waals surface area contributed by atoms with E-state index in [9.17, 15) is 9.18 Å². The predicted octanol–water partition coefficient (Wildman–Crippen LogP) is 3.21. The lowest BCUT2D eigenvalue weighted by molar-refractivity contribution is 0.0949. The van der Waals surface area contributed by atoms with Crippen LogP contribution in [0.3, 0.4) is 0 Å². The molecular formula is C19H22FNO4. The number of benzene rings is 2. The molecule has 0 unspecified atom stereocenters. The van der Waals surface area contributed by atoms with Gasteiger partial charge in [0.15, 0.2) is 11.5 Å². The third-order valence-electron chi connectivity index (χ3n) is 3.77. The molecule has 1 amide bonds. The fraction of sp³-hybridized carbons (Fsp3) is 0.316. The lowest BCUT2D eigenvalue weighted by atomic mass is 10.1. The summed E-state index contributed by atoms with van der Waals surface area (Å²) >= 11 is 0. The molecule has 0 atom stereocenters. The van der Waals surface area contributed by atoms with Crippen LogP contribution in [-0.2, 0) is 6.42 Å². The van der Waals surface area contributed by atoms with Gasteiger partial charge in [-0.1, -0.05) is 12.1 Å². The van der Waals surface area contributed by atoms with Gasteiger partial charge in [-0.05, 0) is 42.7 Å². The maximum absolute atomic E-state index is 13.1. The van der Waals surface area contributed by atoms with Gasteiger partial charge in [-0.15, -0.1) is 0 Å². The molecule has 0 heterocycles. The van der Waals surface area contributed by atoms with E-state index in [0.29, 0.717) is 42.2 Å². The van der Waals surface area contributed by atoms with Crippen molar-refractivity contribution >= 4 is 5.91 Å². The fourth-order valence-corrected chi connectivity index (χ4v) is 2.56. The number of ether oxygens (including phenoxy) is 3. The maximum atomic E-state index is 13.1. The molecule has 1 N–H and O–H groups in total. The number of carbonyl (C=O) groups excluding carboxylic acids is 1. The van der Waals surface area contributed by atoms with Gasteiger partial charge < -0.3 is 19.5 Å². The van der Waals surface area contributed by atoms with Crippen molar-refractivity contribution in [2.75, 3.05) is 27.9 Å². The van der Waals surface area contributed by atoms with E-state index in [2.05, 4.69) is 5.32 Å². The fourth-order valence-electron chi connectivity index (χ4n) is 2.56. The molecule has 25 heavy (non-hydrogen) atoms. The van der Waals surface area contributed by atoms with Gasteiger partial charge in [-0.2, -0.15) is 0 Å². The van der Waals surface area contributed by atoms with Gasteiger partial charge in [0, 0.05) is 6.54 Å². The highest BCUT2D eigenvalue weighted by Gasteiger charge is 2.20. The molecule has 0 bridgehead atoms. The van der Waals surface area contributed by atoms with E-state index in [0.717, 1.165) is 5.56 Å². The minimum atomic E-state index is -0.267. The molecule has 0 saturated heterocycles. The van der Waals surface area contributed by atoms with Crippen molar-refractivity contribution in [3.8, 4) is 17.2 Å². The van der Waals surface area contributed by atoms with Gasteiger partial charge in [0.1, 0.15) is 5.82 Å². The average Bonchev–Trinajstić information content (AvgIpc) is 2.63. The Hall–Kier alpha value is -2.76. The van der Waals surface area contributed by atoms with Crippen LogP contribution >= 0.6 is 0 Å². The lowest BCUT2D eigenvalue weighted by Gasteiger charge is -2.15. The Balaban J connectivity index is 1.98. The molecule has 0 aliphatic rings. The van der Waals surface area contributed by atoms with Gasteiger partial charge >= 0.3 is 0 Å². The topological polar surface area (TPSA) is 56.8 Å². The van der Waals surface area contributed by atoms with Crippen LogP contribution in [0.25, 0.3) is 0 Å². The van der Waals surface area contributed by atoms with Gasteiger partial charge in [0.05, 0.1) is 26.9 Å². The van der Waals surface area contributed by atoms with Crippen molar-refractivity contribution in [1.29, 1.82) is 0 Å². The molecule has 2 aromatic carbocycles. The molecule has 0 aliphatic heterocycles. The molecule has 0 fully saturated rings. The third-order valence-corrected chi connectivity index (χ3v) is 3.77. The maximum Gasteiger partial charge on any atom is 0.255 e. The summed E-state index contributed by atoms with van der Waals surface area (Å²) in [6.45, 7) is 0.465. The van der Waals surface area contributed by atoms with Crippen LogP contribution in [0.15, 0.2) is 36.4 Å². The summed E-state index contributed by atoms with van der Waals surface area (Å²) in [6, 6.07) is 9.74. The van der Waals surface area contributed by atoms with Crippen LogP contribution in [0.2, 0.25) is 0 Å². The van der Waals surface area contributed by atoms with Crippen LogP contribution in [0, 0.1) is 5.82 Å². The van der Waals surface area contributed by atoms with Crippen molar-refractivity contribution in [3.63, 3.8) is 0 Å². The van der Waals surface area contributed by atoms with Crippen molar-refractivity contribution < 1.29 is 23.4 Å². The number of rotatable bonds is 8. The van der Waals surface area contributed by atoms with Gasteiger partial charge in [-0.25, -0.2) is 4.39 Å². The average molecular weight is 347 g/mol. The van der Waals surface area contributed by atoms with Gasteiger partial charge in [0.2, 0.25) is 5.75 Å². The Bertz CT molecular complexity index is 733. The molecule has 134 valence electrons. The zero-order valence-corrected chi connectivity index (χ0v) is 14.6. The van der Waals surface area contributed by atoms with E-state index in [-0.39, 0.29) is 11.7 Å². The Kier molecular flexibility index (Phi) is 6.62. The molecule has 0 radical (unpaired) electrons. The number of nitrogens with one attached hydrogen (secondary N) is 1. The Morgan fingerprint density at radius 3 is 2.44 bits per heavy atom. The SMILES string of the molecule is COc1ccc(C(=O)NCCCc2cccc(F)c2)c(OC)c1OC. The van der Waals surface area contributed by atoms with E-state index in [1.54, 1.807) is 18.2 Å². The smallest absolute Gasteiger partial charge is 0.255 e. The molecule has 5 nitrogen and oxygen atoms in total. The quantitative estimate of drug-likeness (QED) is 0.745. The van der Waals surface area contributed by atoms with Crippen LogP contribution in [0.1, 0.15) is 22.3 Å². The summed E-state index contributed by atoms with van der Waals surface area (Å²) in [6.07, 6.45) is 1.38. The van der Waals surface area contributed by atoms with E-state index in [1.165, 1.54) is 33.5 Å². The molecule has 6 heteroatoms. The molecular weight excluding hydrogens is 325 g/mol. The Morgan fingerprint density at radius 2 is 1.80 bits per heavy atom. The predicted molar refractivity (Wildman–Crippen MR) is 93.2 cm³/mol. The molecule has 0 aliphatic carbocycles. The molecule has 0 spiro atoms. The number of methoxy groups -OCH3 is 3. The van der Waals surface area contributed by atoms with Crippen LogP contribution < -0.4 is 19.5 Å². The van der Waals surface area contributed by atoms with Crippen molar-refractivity contribution in [1.82, 2.24) is 5.32 Å². The second-order valence-electron chi connectivity index (χ2n) is 5.37. The van der Waals surface area contributed by atoms with E-state index >= 15 is 0 Å². The standard InChI is InChI=1S/C19H22FNO4/c1-23-16-10-9-15(17(24-2)18(16)25-3)19(22)21-11-5-7-13-6-4-8-14(20)12-13/h4,6,8-10,12H,5,7,11H2,1-3H3,(H,21,22). The first-order chi connectivity index (χ1) is 12.1. The van der Waals surface area contributed by atoms with Gasteiger partial charge in [-0.3, -0.25) is 4.79 Å². The second-order valence-corrected chi connectivity index (χ2v) is 5.37. The number of carbonyl (C=O) groups is 1. The highest BCUT2D eigenvalue weighted by atomic mass is 19.1. The van der Waals surface area contributed by atoms with Crippen LogP contribution in [0.4, 0.5) is 4.39 Å². The first-order valence-electron chi connectivity index (χ1n) is 7.92. The molecule has 0 aromatic heterocycles. The number of aryl methyl sites for hydroxylation is 1. The Morgan fingerprint density at radius 1 is 1.04 bits per heavy atom. The summed E-state index contributed by atoms with van der Waals surface area (Å²) in [5, 5.41) is 2.84. The van der Waals surface area contributed by atoms with Gasteiger partial charge in [0.25, 0.3) is 5.91 Å². The zero-order chi connectivity index (χ0) is 18.2.